The standard InChI is InChI=1S/C18H24N4O2/c1-2-19-18(24)21-15-11-13(7-9-16(15)23)6-8-14-12-22-10-4-3-5-17(22)20-14/h7,9,11-12,23H,2-6,8,10H2,1H3,(H2,19,21,24). The van der Waals surface area contributed by atoms with Gasteiger partial charge in [0, 0.05) is 25.7 Å². The van der Waals surface area contributed by atoms with Crippen LogP contribution in [0.1, 0.15) is 36.8 Å². The van der Waals surface area contributed by atoms with Crippen LogP contribution in [0.3, 0.4) is 0 Å². The molecule has 2 amide bonds. The average molecular weight is 328 g/mol. The normalized spacial score (nSPS) is 13.4. The number of fused-ring (bicyclic) bond motifs is 1. The predicted octanol–water partition coefficient (Wildman–Crippen LogP) is 2.85. The van der Waals surface area contributed by atoms with Gasteiger partial charge in [-0.25, -0.2) is 9.78 Å². The van der Waals surface area contributed by atoms with Gasteiger partial charge in [0.15, 0.2) is 0 Å². The van der Waals surface area contributed by atoms with Crippen LogP contribution in [-0.4, -0.2) is 27.2 Å². The third kappa shape index (κ3) is 3.88. The molecule has 1 aromatic carbocycles. The third-order valence-corrected chi connectivity index (χ3v) is 4.27. The molecule has 0 radical (unpaired) electrons. The highest BCUT2D eigenvalue weighted by Gasteiger charge is 2.12. The van der Waals surface area contributed by atoms with Gasteiger partial charge in [-0.15, -0.1) is 0 Å². The van der Waals surface area contributed by atoms with Crippen molar-refractivity contribution in [3.05, 3.63) is 41.5 Å². The highest BCUT2D eigenvalue weighted by atomic mass is 16.3. The third-order valence-electron chi connectivity index (χ3n) is 4.27. The number of rotatable bonds is 5. The second kappa shape index (κ2) is 7.38. The van der Waals surface area contributed by atoms with Crippen LogP contribution in [0.5, 0.6) is 5.75 Å². The molecule has 2 heterocycles. The van der Waals surface area contributed by atoms with Crippen molar-refractivity contribution in [3.8, 4) is 5.75 Å². The minimum absolute atomic E-state index is 0.0717. The maximum absolute atomic E-state index is 11.6. The summed E-state index contributed by atoms with van der Waals surface area (Å²) < 4.78 is 2.26. The lowest BCUT2D eigenvalue weighted by Crippen LogP contribution is -2.28. The first-order valence-electron chi connectivity index (χ1n) is 8.57. The maximum atomic E-state index is 11.6. The minimum Gasteiger partial charge on any atom is -0.506 e. The molecule has 0 fully saturated rings. The number of amides is 2. The predicted molar refractivity (Wildman–Crippen MR) is 93.4 cm³/mol. The number of aromatic hydroxyl groups is 1. The van der Waals surface area contributed by atoms with Gasteiger partial charge in [0.1, 0.15) is 11.6 Å². The number of phenols is 1. The molecule has 0 unspecified atom stereocenters. The summed E-state index contributed by atoms with van der Waals surface area (Å²) in [5.41, 5.74) is 2.60. The van der Waals surface area contributed by atoms with E-state index >= 15 is 0 Å². The van der Waals surface area contributed by atoms with E-state index in [2.05, 4.69) is 21.4 Å². The van der Waals surface area contributed by atoms with Crippen LogP contribution in [0.4, 0.5) is 10.5 Å². The van der Waals surface area contributed by atoms with Crippen molar-refractivity contribution in [1.29, 1.82) is 0 Å². The number of hydrogen-bond donors (Lipinski definition) is 3. The number of carbonyl (C=O) groups excluding carboxylic acids is 1. The molecule has 2 aromatic rings. The van der Waals surface area contributed by atoms with Crippen molar-refractivity contribution in [2.24, 2.45) is 0 Å². The molecule has 0 atom stereocenters. The number of hydrogen-bond acceptors (Lipinski definition) is 3. The number of aromatic nitrogens is 2. The molecule has 0 spiro atoms. The van der Waals surface area contributed by atoms with E-state index in [4.69, 9.17) is 4.98 Å². The van der Waals surface area contributed by atoms with Crippen molar-refractivity contribution in [2.45, 2.75) is 45.6 Å². The molecule has 0 bridgehead atoms. The maximum Gasteiger partial charge on any atom is 0.319 e. The van der Waals surface area contributed by atoms with Crippen LogP contribution in [0.15, 0.2) is 24.4 Å². The van der Waals surface area contributed by atoms with Gasteiger partial charge in [-0.2, -0.15) is 0 Å². The van der Waals surface area contributed by atoms with Gasteiger partial charge >= 0.3 is 6.03 Å². The number of urea groups is 1. The Morgan fingerprint density at radius 1 is 1.33 bits per heavy atom. The number of carbonyl (C=O) groups is 1. The van der Waals surface area contributed by atoms with Crippen molar-refractivity contribution >= 4 is 11.7 Å². The van der Waals surface area contributed by atoms with Crippen molar-refractivity contribution in [1.82, 2.24) is 14.9 Å². The Bertz CT molecular complexity index is 700. The monoisotopic (exact) mass is 328 g/mol. The highest BCUT2D eigenvalue weighted by molar-refractivity contribution is 5.90. The molecule has 6 heteroatoms. The lowest BCUT2D eigenvalue weighted by Gasteiger charge is -2.11. The number of aryl methyl sites for hydroxylation is 4. The first-order chi connectivity index (χ1) is 11.7. The molecule has 128 valence electrons. The van der Waals surface area contributed by atoms with Crippen LogP contribution in [-0.2, 0) is 25.8 Å². The fourth-order valence-electron chi connectivity index (χ4n) is 3.03. The Morgan fingerprint density at radius 3 is 3.00 bits per heavy atom. The van der Waals surface area contributed by atoms with Crippen LogP contribution in [0, 0.1) is 0 Å². The number of phenolic OH excluding ortho intramolecular Hbond substituents is 1. The largest absolute Gasteiger partial charge is 0.506 e. The number of nitrogens with one attached hydrogen (secondary N) is 2. The Morgan fingerprint density at radius 2 is 2.21 bits per heavy atom. The molecule has 1 aliphatic rings. The summed E-state index contributed by atoms with van der Waals surface area (Å²) in [4.78, 5) is 16.3. The Hall–Kier alpha value is -2.50. The zero-order valence-electron chi connectivity index (χ0n) is 14.0. The lowest BCUT2D eigenvalue weighted by molar-refractivity contribution is 0.252. The molecule has 1 aromatic heterocycles. The molecule has 3 N–H and O–H groups in total. The molecule has 24 heavy (non-hydrogen) atoms. The molecule has 0 aliphatic carbocycles. The summed E-state index contributed by atoms with van der Waals surface area (Å²) in [5.74, 6) is 1.27. The second-order valence-corrected chi connectivity index (χ2v) is 6.13. The van der Waals surface area contributed by atoms with Crippen LogP contribution >= 0.6 is 0 Å². The molecule has 3 rings (SSSR count). The molecule has 6 nitrogen and oxygen atoms in total. The summed E-state index contributed by atoms with van der Waals surface area (Å²) in [7, 11) is 0. The van der Waals surface area contributed by atoms with Gasteiger partial charge in [0.25, 0.3) is 0 Å². The quantitative estimate of drug-likeness (QED) is 0.739. The van der Waals surface area contributed by atoms with Crippen molar-refractivity contribution < 1.29 is 9.90 Å². The molecular formula is C18H24N4O2. The van der Waals surface area contributed by atoms with E-state index < -0.39 is 0 Å². The van der Waals surface area contributed by atoms with E-state index in [0.29, 0.717) is 12.2 Å². The van der Waals surface area contributed by atoms with Crippen molar-refractivity contribution in [2.75, 3.05) is 11.9 Å². The Balaban J connectivity index is 1.64. The number of nitrogens with zero attached hydrogens (tertiary/aromatic N) is 2. The zero-order valence-corrected chi connectivity index (χ0v) is 14.0. The van der Waals surface area contributed by atoms with Gasteiger partial charge in [0.2, 0.25) is 0 Å². The summed E-state index contributed by atoms with van der Waals surface area (Å²) in [5, 5.41) is 15.2. The fourth-order valence-corrected chi connectivity index (χ4v) is 3.03. The van der Waals surface area contributed by atoms with Gasteiger partial charge in [0.05, 0.1) is 11.4 Å². The average Bonchev–Trinajstić information content (AvgIpc) is 2.98. The fraction of sp³-hybridized carbons (Fsp3) is 0.444. The first-order valence-corrected chi connectivity index (χ1v) is 8.57. The van der Waals surface area contributed by atoms with E-state index in [0.717, 1.165) is 37.1 Å². The van der Waals surface area contributed by atoms with Crippen LogP contribution in [0.2, 0.25) is 0 Å². The van der Waals surface area contributed by atoms with Crippen molar-refractivity contribution in [3.63, 3.8) is 0 Å². The van der Waals surface area contributed by atoms with Gasteiger partial charge in [-0.05, 0) is 50.3 Å². The van der Waals surface area contributed by atoms with E-state index in [9.17, 15) is 9.90 Å². The summed E-state index contributed by atoms with van der Waals surface area (Å²) >= 11 is 0. The molecule has 0 saturated heterocycles. The molecule has 0 saturated carbocycles. The topological polar surface area (TPSA) is 79.2 Å². The smallest absolute Gasteiger partial charge is 0.319 e. The zero-order chi connectivity index (χ0) is 16.9. The van der Waals surface area contributed by atoms with Crippen LogP contribution < -0.4 is 10.6 Å². The number of anilines is 1. The van der Waals surface area contributed by atoms with E-state index in [-0.39, 0.29) is 11.8 Å². The minimum atomic E-state index is -0.313. The van der Waals surface area contributed by atoms with Gasteiger partial charge < -0.3 is 20.3 Å². The van der Waals surface area contributed by atoms with E-state index in [1.807, 2.05) is 19.1 Å². The molecular weight excluding hydrogens is 304 g/mol. The van der Waals surface area contributed by atoms with Gasteiger partial charge in [-0.1, -0.05) is 6.07 Å². The summed E-state index contributed by atoms with van der Waals surface area (Å²) in [6, 6.07) is 5.01. The SMILES string of the molecule is CCNC(=O)Nc1cc(CCc2cn3c(n2)CCCC3)ccc1O. The number of imidazole rings is 1. The Kier molecular flexibility index (Phi) is 5.03. The van der Waals surface area contributed by atoms with Crippen LogP contribution in [0.25, 0.3) is 0 Å². The number of benzene rings is 1. The highest BCUT2D eigenvalue weighted by Crippen LogP contribution is 2.25. The molecule has 1 aliphatic heterocycles. The first kappa shape index (κ1) is 16.4. The van der Waals surface area contributed by atoms with Gasteiger partial charge in [-0.3, -0.25) is 0 Å². The second-order valence-electron chi connectivity index (χ2n) is 6.13. The Labute approximate surface area is 141 Å². The summed E-state index contributed by atoms with van der Waals surface area (Å²) in [6.45, 7) is 3.46. The summed E-state index contributed by atoms with van der Waals surface area (Å²) in [6.07, 6.45) is 7.35. The van der Waals surface area contributed by atoms with E-state index in [1.165, 1.54) is 18.7 Å². The lowest BCUT2D eigenvalue weighted by atomic mass is 10.1. The van der Waals surface area contributed by atoms with E-state index in [1.54, 1.807) is 6.07 Å².